The fraction of sp³-hybridized carbons (Fsp3) is 0.778. The van der Waals surface area contributed by atoms with E-state index < -0.39 is 0 Å². The van der Waals surface area contributed by atoms with Crippen LogP contribution in [0.3, 0.4) is 0 Å². The molecule has 14 heavy (non-hydrogen) atoms. The third-order valence-electron chi connectivity index (χ3n) is 2.53. The molecule has 0 radical (unpaired) electrons. The van der Waals surface area contributed by atoms with Crippen LogP contribution >= 0.6 is 0 Å². The maximum absolute atomic E-state index is 5.51. The lowest BCUT2D eigenvalue weighted by molar-refractivity contribution is 0.232. The van der Waals surface area contributed by atoms with E-state index in [9.17, 15) is 0 Å². The molecule has 0 spiro atoms. The Morgan fingerprint density at radius 2 is 2.36 bits per heavy atom. The lowest BCUT2D eigenvalue weighted by Crippen LogP contribution is -2.31. The molecule has 0 saturated heterocycles. The van der Waals surface area contributed by atoms with E-state index in [-0.39, 0.29) is 0 Å². The summed E-state index contributed by atoms with van der Waals surface area (Å²) in [6.07, 6.45) is 2.59. The summed E-state index contributed by atoms with van der Waals surface area (Å²) in [6, 6.07) is 0.483. The van der Waals surface area contributed by atoms with Crippen molar-refractivity contribution in [2.24, 2.45) is 12.8 Å². The van der Waals surface area contributed by atoms with Crippen LogP contribution in [0.2, 0.25) is 0 Å². The summed E-state index contributed by atoms with van der Waals surface area (Å²) in [7, 11) is 3.98. The standard InChI is InChI=1S/C9H19N5/c1-8(4-5-10)13(2)6-9-11-7-12-14(9)3/h7-8H,4-6,10H2,1-3H3. The molecule has 0 fully saturated rings. The van der Waals surface area contributed by atoms with Gasteiger partial charge in [0.1, 0.15) is 12.2 Å². The van der Waals surface area contributed by atoms with Gasteiger partial charge in [0.05, 0.1) is 6.54 Å². The minimum atomic E-state index is 0.483. The first-order valence-electron chi connectivity index (χ1n) is 4.88. The predicted molar refractivity (Wildman–Crippen MR) is 55.6 cm³/mol. The van der Waals surface area contributed by atoms with Crippen molar-refractivity contribution < 1.29 is 0 Å². The van der Waals surface area contributed by atoms with Gasteiger partial charge in [0.2, 0.25) is 0 Å². The molecule has 1 heterocycles. The van der Waals surface area contributed by atoms with Crippen LogP contribution < -0.4 is 5.73 Å². The Bertz CT molecular complexity index is 270. The van der Waals surface area contributed by atoms with Crippen LogP contribution in [0.1, 0.15) is 19.2 Å². The predicted octanol–water partition coefficient (Wildman–Crippen LogP) is -0.0158. The van der Waals surface area contributed by atoms with Crippen molar-refractivity contribution in [1.29, 1.82) is 0 Å². The summed E-state index contributed by atoms with van der Waals surface area (Å²) < 4.78 is 1.80. The summed E-state index contributed by atoms with van der Waals surface area (Å²) in [6.45, 7) is 3.71. The Balaban J connectivity index is 2.48. The van der Waals surface area contributed by atoms with E-state index in [1.165, 1.54) is 0 Å². The highest BCUT2D eigenvalue weighted by atomic mass is 15.3. The third kappa shape index (κ3) is 2.78. The normalized spacial score (nSPS) is 13.5. The Morgan fingerprint density at radius 1 is 1.64 bits per heavy atom. The van der Waals surface area contributed by atoms with Gasteiger partial charge in [-0.15, -0.1) is 0 Å². The smallest absolute Gasteiger partial charge is 0.140 e. The highest BCUT2D eigenvalue weighted by Crippen LogP contribution is 2.04. The number of rotatable bonds is 5. The molecular weight excluding hydrogens is 178 g/mol. The molecule has 1 aromatic rings. The molecule has 0 saturated carbocycles. The fourth-order valence-corrected chi connectivity index (χ4v) is 1.30. The maximum atomic E-state index is 5.51. The summed E-state index contributed by atoms with van der Waals surface area (Å²) in [5.41, 5.74) is 5.51. The lowest BCUT2D eigenvalue weighted by atomic mass is 10.2. The van der Waals surface area contributed by atoms with E-state index in [0.29, 0.717) is 6.04 Å². The van der Waals surface area contributed by atoms with Crippen molar-refractivity contribution in [2.75, 3.05) is 13.6 Å². The molecule has 1 unspecified atom stereocenters. The highest BCUT2D eigenvalue weighted by molar-refractivity contribution is 4.83. The molecule has 0 aliphatic heterocycles. The van der Waals surface area contributed by atoms with Crippen LogP contribution in [0.15, 0.2) is 6.33 Å². The highest BCUT2D eigenvalue weighted by Gasteiger charge is 2.10. The van der Waals surface area contributed by atoms with Gasteiger partial charge >= 0.3 is 0 Å². The van der Waals surface area contributed by atoms with Crippen molar-refractivity contribution in [2.45, 2.75) is 25.9 Å². The molecule has 0 aliphatic carbocycles. The van der Waals surface area contributed by atoms with E-state index in [1.54, 1.807) is 11.0 Å². The van der Waals surface area contributed by atoms with Gasteiger partial charge in [-0.2, -0.15) is 5.10 Å². The Hall–Kier alpha value is -0.940. The average molecular weight is 197 g/mol. The number of nitrogens with two attached hydrogens (primary N) is 1. The van der Waals surface area contributed by atoms with Gasteiger partial charge in [-0.1, -0.05) is 0 Å². The van der Waals surface area contributed by atoms with Crippen molar-refractivity contribution in [3.05, 3.63) is 12.2 Å². The first-order valence-corrected chi connectivity index (χ1v) is 4.88. The number of hydrogen-bond donors (Lipinski definition) is 1. The van der Waals surface area contributed by atoms with Crippen LogP contribution in [0.4, 0.5) is 0 Å². The van der Waals surface area contributed by atoms with Gasteiger partial charge < -0.3 is 5.73 Å². The number of nitrogens with zero attached hydrogens (tertiary/aromatic N) is 4. The molecule has 1 atom stereocenters. The van der Waals surface area contributed by atoms with Crippen LogP contribution in [0, 0.1) is 0 Å². The van der Waals surface area contributed by atoms with Gasteiger partial charge in [0.25, 0.3) is 0 Å². The summed E-state index contributed by atoms with van der Waals surface area (Å²) in [4.78, 5) is 6.41. The Labute approximate surface area is 84.9 Å². The van der Waals surface area contributed by atoms with Gasteiger partial charge in [0.15, 0.2) is 0 Å². The summed E-state index contributed by atoms with van der Waals surface area (Å²) >= 11 is 0. The zero-order valence-electron chi connectivity index (χ0n) is 9.14. The molecule has 0 amide bonds. The average Bonchev–Trinajstić information content (AvgIpc) is 2.52. The maximum Gasteiger partial charge on any atom is 0.140 e. The summed E-state index contributed by atoms with van der Waals surface area (Å²) in [5, 5.41) is 4.03. The molecular formula is C9H19N5. The third-order valence-corrected chi connectivity index (χ3v) is 2.53. The monoisotopic (exact) mass is 197 g/mol. The largest absolute Gasteiger partial charge is 0.330 e. The van der Waals surface area contributed by atoms with E-state index in [1.807, 2.05) is 7.05 Å². The number of aryl methyl sites for hydroxylation is 1. The van der Waals surface area contributed by atoms with Crippen LogP contribution in [0.5, 0.6) is 0 Å². The van der Waals surface area contributed by atoms with Crippen LogP contribution in [-0.4, -0.2) is 39.3 Å². The second-order valence-corrected chi connectivity index (χ2v) is 3.64. The second kappa shape index (κ2) is 5.07. The second-order valence-electron chi connectivity index (χ2n) is 3.64. The molecule has 0 aromatic carbocycles. The minimum absolute atomic E-state index is 0.483. The number of aromatic nitrogens is 3. The molecule has 5 nitrogen and oxygen atoms in total. The van der Waals surface area contributed by atoms with Gasteiger partial charge in [-0.25, -0.2) is 4.98 Å². The topological polar surface area (TPSA) is 60.0 Å². The zero-order valence-corrected chi connectivity index (χ0v) is 9.14. The van der Waals surface area contributed by atoms with Crippen molar-refractivity contribution in [3.8, 4) is 0 Å². The van der Waals surface area contributed by atoms with E-state index >= 15 is 0 Å². The van der Waals surface area contributed by atoms with Gasteiger partial charge in [-0.05, 0) is 26.9 Å². The molecule has 1 aromatic heterocycles. The molecule has 5 heteroatoms. The molecule has 2 N–H and O–H groups in total. The van der Waals surface area contributed by atoms with Crippen molar-refractivity contribution >= 4 is 0 Å². The van der Waals surface area contributed by atoms with Crippen molar-refractivity contribution in [3.63, 3.8) is 0 Å². The minimum Gasteiger partial charge on any atom is -0.330 e. The molecule has 80 valence electrons. The number of hydrogen-bond acceptors (Lipinski definition) is 4. The first-order chi connectivity index (χ1) is 6.65. The van der Waals surface area contributed by atoms with E-state index in [0.717, 1.165) is 25.3 Å². The summed E-state index contributed by atoms with van der Waals surface area (Å²) in [5.74, 6) is 0.983. The first kappa shape index (κ1) is 11.1. The molecule has 0 aliphatic rings. The van der Waals surface area contributed by atoms with Gasteiger partial charge in [-0.3, -0.25) is 9.58 Å². The van der Waals surface area contributed by atoms with Gasteiger partial charge in [0, 0.05) is 13.1 Å². The molecule has 0 bridgehead atoms. The SMILES string of the molecule is CC(CCN)N(C)Cc1ncnn1C. The molecule has 1 rings (SSSR count). The quantitative estimate of drug-likeness (QED) is 0.721. The van der Waals surface area contributed by atoms with Crippen LogP contribution in [0.25, 0.3) is 0 Å². The fourth-order valence-electron chi connectivity index (χ4n) is 1.30. The van der Waals surface area contributed by atoms with E-state index in [4.69, 9.17) is 5.73 Å². The van der Waals surface area contributed by atoms with Crippen LogP contribution in [-0.2, 0) is 13.6 Å². The van der Waals surface area contributed by atoms with Crippen molar-refractivity contribution in [1.82, 2.24) is 19.7 Å². The lowest BCUT2D eigenvalue weighted by Gasteiger charge is -2.23. The Morgan fingerprint density at radius 3 is 2.86 bits per heavy atom. The Kier molecular flexibility index (Phi) is 4.03. The zero-order chi connectivity index (χ0) is 10.6. The van der Waals surface area contributed by atoms with E-state index in [2.05, 4.69) is 29.0 Å².